The van der Waals surface area contributed by atoms with Crippen LogP contribution in [0.25, 0.3) is 0 Å². The first-order valence-electron chi connectivity index (χ1n) is 14.8. The largest absolute Gasteiger partial charge is 0.486 e. The van der Waals surface area contributed by atoms with Crippen molar-refractivity contribution in [2.45, 2.75) is 57.0 Å². The number of quaternary nitrogens is 1. The van der Waals surface area contributed by atoms with Crippen LogP contribution in [0.1, 0.15) is 60.5 Å². The molecule has 1 aliphatic heterocycles. The predicted octanol–water partition coefficient (Wildman–Crippen LogP) is 5.53. The third-order valence-corrected chi connectivity index (χ3v) is 12.5. The SMILES string of the molecule is C=CC[C@H](O)[C@@H]1CC[C@H]1C[N@+]1(S(=O)(=O)C[C@@H](C)C=C)CC2(CCCc3cc(Cl)ccc32)COc2ccc(C(N)=O)cc21. The Kier molecular flexibility index (Phi) is 8.65. The standard InChI is InChI=1S/C33H41ClN2O5S/c1-4-7-30(37)27-12-9-25(27)18-36(42(39,40)19-22(3)5-2)20-33(15-6-8-23-16-26(34)11-13-28(23)33)21-41-31-14-10-24(32(35)38)17-29(31)36/h4-5,10-11,13-14,16-17,22,25,27,30,37H,1-2,6-9,12,15,18-21H2,3H3,(H-,35,38)/p+1/t22-,25-,27+,30-,33?,36-/m0/s1. The highest BCUT2D eigenvalue weighted by Crippen LogP contribution is 2.51. The van der Waals surface area contributed by atoms with Crippen molar-refractivity contribution in [1.82, 2.24) is 3.89 Å². The Bertz CT molecular complexity index is 1490. The van der Waals surface area contributed by atoms with E-state index >= 15 is 0 Å². The summed E-state index contributed by atoms with van der Waals surface area (Å²) >= 11 is 6.41. The van der Waals surface area contributed by atoms with Gasteiger partial charge in [-0.15, -0.1) is 13.2 Å². The number of aryl methyl sites for hydroxylation is 1. The lowest BCUT2D eigenvalue weighted by molar-refractivity contribution is 0.00670. The Balaban J connectivity index is 1.76. The van der Waals surface area contributed by atoms with E-state index in [4.69, 9.17) is 22.1 Å². The molecule has 1 heterocycles. The summed E-state index contributed by atoms with van der Waals surface area (Å²) in [6, 6.07) is 10.8. The minimum absolute atomic E-state index is 0.0506. The molecule has 42 heavy (non-hydrogen) atoms. The molecule has 2 aromatic rings. The van der Waals surface area contributed by atoms with Crippen LogP contribution in [0.5, 0.6) is 5.75 Å². The van der Waals surface area contributed by atoms with Gasteiger partial charge in [0.1, 0.15) is 25.4 Å². The zero-order chi connectivity index (χ0) is 30.3. The number of nitrogens with two attached hydrogens (primary N) is 1. The van der Waals surface area contributed by atoms with Gasteiger partial charge < -0.3 is 15.6 Å². The number of amides is 1. The van der Waals surface area contributed by atoms with E-state index in [-0.39, 0.29) is 46.0 Å². The van der Waals surface area contributed by atoms with Crippen LogP contribution in [0.3, 0.4) is 0 Å². The average molecular weight is 614 g/mol. The van der Waals surface area contributed by atoms with Crippen LogP contribution in [0.2, 0.25) is 5.02 Å². The van der Waals surface area contributed by atoms with E-state index < -0.39 is 27.4 Å². The van der Waals surface area contributed by atoms with Gasteiger partial charge in [0.2, 0.25) is 5.91 Å². The molecular formula is C33H42ClN2O5S+. The molecule has 2 aromatic carbocycles. The first-order valence-corrected chi connectivity index (χ1v) is 16.8. The molecule has 5 rings (SSSR count). The van der Waals surface area contributed by atoms with E-state index in [1.54, 1.807) is 30.4 Å². The second-order valence-corrected chi connectivity index (χ2v) is 15.2. The number of rotatable bonds is 10. The molecular weight excluding hydrogens is 572 g/mol. The fraction of sp³-hybridized carbons (Fsp3) is 0.485. The highest BCUT2D eigenvalue weighted by Gasteiger charge is 2.58. The summed E-state index contributed by atoms with van der Waals surface area (Å²) in [4.78, 5) is 12.4. The van der Waals surface area contributed by atoms with E-state index in [0.717, 1.165) is 43.2 Å². The molecule has 1 saturated carbocycles. The van der Waals surface area contributed by atoms with E-state index in [1.807, 2.05) is 25.1 Å². The van der Waals surface area contributed by atoms with Gasteiger partial charge in [0.25, 0.3) is 0 Å². The summed E-state index contributed by atoms with van der Waals surface area (Å²) in [7, 11) is -3.95. The summed E-state index contributed by atoms with van der Waals surface area (Å²) in [6.45, 7) is 10.3. The quantitative estimate of drug-likeness (QED) is 0.271. The number of fused-ring (bicyclic) bond motifs is 3. The maximum atomic E-state index is 15.0. The van der Waals surface area contributed by atoms with Gasteiger partial charge in [0.05, 0.1) is 11.5 Å². The third kappa shape index (κ3) is 5.43. The Morgan fingerprint density at radius 2 is 2.05 bits per heavy atom. The first kappa shape index (κ1) is 30.8. The zero-order valence-corrected chi connectivity index (χ0v) is 25.9. The fourth-order valence-electron chi connectivity index (χ4n) is 7.42. The Hall–Kier alpha value is -2.65. The van der Waals surface area contributed by atoms with Gasteiger partial charge in [0.15, 0.2) is 11.4 Å². The van der Waals surface area contributed by atoms with Gasteiger partial charge in [-0.25, -0.2) is 0 Å². The lowest BCUT2D eigenvalue weighted by atomic mass is 9.68. The van der Waals surface area contributed by atoms with Crippen molar-refractivity contribution in [2.24, 2.45) is 23.5 Å². The summed E-state index contributed by atoms with van der Waals surface area (Å²) in [5.74, 6) is -0.712. The van der Waals surface area contributed by atoms with Crippen molar-refractivity contribution in [2.75, 3.05) is 25.4 Å². The zero-order valence-electron chi connectivity index (χ0n) is 24.3. The van der Waals surface area contributed by atoms with Crippen molar-refractivity contribution in [3.63, 3.8) is 0 Å². The number of nitrogens with zero attached hydrogens (tertiary/aromatic N) is 1. The Morgan fingerprint density at radius 3 is 2.71 bits per heavy atom. The number of halogens is 1. The summed E-state index contributed by atoms with van der Waals surface area (Å²) in [6.07, 6.45) is 7.32. The van der Waals surface area contributed by atoms with Crippen LogP contribution in [-0.4, -0.2) is 51.0 Å². The van der Waals surface area contributed by atoms with E-state index in [1.165, 1.54) is 0 Å². The monoisotopic (exact) mass is 613 g/mol. The van der Waals surface area contributed by atoms with Gasteiger partial charge >= 0.3 is 10.0 Å². The molecule has 0 saturated heterocycles. The number of sulfonamides is 1. The average Bonchev–Trinajstić information content (AvgIpc) is 3.06. The van der Waals surface area contributed by atoms with Gasteiger partial charge in [-0.2, -0.15) is 12.3 Å². The number of aliphatic hydroxyl groups is 1. The lowest BCUT2D eigenvalue weighted by Gasteiger charge is -2.49. The fourth-order valence-corrected chi connectivity index (χ4v) is 10.0. The number of aliphatic hydroxyl groups excluding tert-OH is 1. The van der Waals surface area contributed by atoms with Crippen LogP contribution in [0, 0.1) is 17.8 Å². The van der Waals surface area contributed by atoms with Crippen LogP contribution in [0.4, 0.5) is 5.69 Å². The van der Waals surface area contributed by atoms with E-state index in [9.17, 15) is 18.3 Å². The molecule has 3 N–H and O–H groups in total. The molecule has 1 fully saturated rings. The van der Waals surface area contributed by atoms with Crippen molar-refractivity contribution in [3.05, 3.63) is 83.4 Å². The maximum Gasteiger partial charge on any atom is 0.302 e. The van der Waals surface area contributed by atoms with Crippen LogP contribution >= 0.6 is 11.6 Å². The van der Waals surface area contributed by atoms with Gasteiger partial charge in [0, 0.05) is 22.6 Å². The van der Waals surface area contributed by atoms with E-state index in [2.05, 4.69) is 13.2 Å². The minimum Gasteiger partial charge on any atom is -0.486 e. The molecule has 1 spiro atoms. The second-order valence-electron chi connectivity index (χ2n) is 12.6. The number of carbonyl (C=O) groups excluding carboxylic acids is 1. The molecule has 226 valence electrons. The van der Waals surface area contributed by atoms with Crippen molar-refractivity contribution >= 4 is 33.2 Å². The Morgan fingerprint density at radius 1 is 1.26 bits per heavy atom. The Labute approximate surface area is 254 Å². The number of ether oxygens (including phenoxy) is 1. The number of primary amides is 1. The smallest absolute Gasteiger partial charge is 0.302 e. The highest BCUT2D eigenvalue weighted by atomic mass is 35.5. The molecule has 1 amide bonds. The highest BCUT2D eigenvalue weighted by molar-refractivity contribution is 7.91. The van der Waals surface area contributed by atoms with Crippen LogP contribution in [-0.2, 0) is 21.9 Å². The number of hydrogen-bond donors (Lipinski definition) is 2. The number of benzene rings is 2. The van der Waals surface area contributed by atoms with Crippen molar-refractivity contribution in [3.8, 4) is 5.75 Å². The van der Waals surface area contributed by atoms with Crippen LogP contribution < -0.4 is 14.4 Å². The third-order valence-electron chi connectivity index (χ3n) is 9.80. The molecule has 3 aliphatic rings. The minimum atomic E-state index is -3.95. The molecule has 2 aliphatic carbocycles. The summed E-state index contributed by atoms with van der Waals surface area (Å²) < 4.78 is 36.2. The molecule has 1 unspecified atom stereocenters. The first-order chi connectivity index (χ1) is 19.9. The van der Waals surface area contributed by atoms with Gasteiger partial charge in [-0.3, -0.25) is 4.79 Å². The van der Waals surface area contributed by atoms with Crippen molar-refractivity contribution in [1.29, 1.82) is 0 Å². The topological polar surface area (TPSA) is 107 Å². The lowest BCUT2D eigenvalue weighted by Crippen LogP contribution is -2.65. The predicted molar refractivity (Wildman–Crippen MR) is 168 cm³/mol. The van der Waals surface area contributed by atoms with Crippen molar-refractivity contribution < 1.29 is 23.1 Å². The molecule has 0 bridgehead atoms. The number of allylic oxidation sites excluding steroid dienone is 1. The molecule has 0 radical (unpaired) electrons. The maximum absolute atomic E-state index is 15.0. The van der Waals surface area contributed by atoms with E-state index in [0.29, 0.717) is 29.5 Å². The van der Waals surface area contributed by atoms with Gasteiger partial charge in [-0.05, 0) is 85.8 Å². The molecule has 6 atom stereocenters. The molecule has 9 heteroatoms. The summed E-state index contributed by atoms with van der Waals surface area (Å²) in [5, 5.41) is 11.6. The number of hydrogen-bond acceptors (Lipinski definition) is 5. The number of carbonyl (C=O) groups is 1. The van der Waals surface area contributed by atoms with Crippen LogP contribution in [0.15, 0.2) is 61.7 Å². The van der Waals surface area contributed by atoms with Gasteiger partial charge in [-0.1, -0.05) is 36.7 Å². The second kappa shape index (κ2) is 11.8. The summed E-state index contributed by atoms with van der Waals surface area (Å²) in [5.41, 5.74) is 7.95. The normalized spacial score (nSPS) is 28.3. The molecule has 7 nitrogen and oxygen atoms in total. The molecule has 0 aromatic heterocycles.